The number of hydrogen-bond donors (Lipinski definition) is 1. The molecule has 5 heteroatoms. The summed E-state index contributed by atoms with van der Waals surface area (Å²) < 4.78 is 7.11. The van der Waals surface area contributed by atoms with Crippen molar-refractivity contribution in [3.63, 3.8) is 0 Å². The predicted octanol–water partition coefficient (Wildman–Crippen LogP) is 3.27. The molecular formula is C14H12ClN3O. The number of fused-ring (bicyclic) bond motifs is 1. The lowest BCUT2D eigenvalue weighted by atomic mass is 10.2. The number of ether oxygens (including phenoxy) is 1. The zero-order valence-corrected chi connectivity index (χ0v) is 11.1. The molecule has 0 aliphatic carbocycles. The van der Waals surface area contributed by atoms with Crippen molar-refractivity contribution in [1.82, 2.24) is 9.55 Å². The molecule has 96 valence electrons. The van der Waals surface area contributed by atoms with E-state index in [-0.39, 0.29) is 0 Å². The van der Waals surface area contributed by atoms with Crippen molar-refractivity contribution in [2.45, 2.75) is 0 Å². The molecule has 0 fully saturated rings. The number of nitrogen functional groups attached to an aromatic ring is 1. The third kappa shape index (κ3) is 2.00. The zero-order valence-electron chi connectivity index (χ0n) is 10.3. The second-order valence-corrected chi connectivity index (χ2v) is 4.59. The molecule has 3 rings (SSSR count). The maximum Gasteiger partial charge on any atom is 0.137 e. The molecule has 0 bridgehead atoms. The molecule has 0 aliphatic rings. The van der Waals surface area contributed by atoms with E-state index in [4.69, 9.17) is 22.1 Å². The first-order chi connectivity index (χ1) is 9.19. The van der Waals surface area contributed by atoms with Gasteiger partial charge in [-0.3, -0.25) is 4.57 Å². The summed E-state index contributed by atoms with van der Waals surface area (Å²) in [7, 11) is 1.59. The summed E-state index contributed by atoms with van der Waals surface area (Å²) >= 11 is 6.14. The van der Waals surface area contributed by atoms with Crippen LogP contribution in [0, 0.1) is 0 Å². The number of nitrogens with zero attached hydrogens (tertiary/aromatic N) is 2. The van der Waals surface area contributed by atoms with Crippen LogP contribution in [0.4, 0.5) is 5.69 Å². The van der Waals surface area contributed by atoms with Crippen molar-refractivity contribution in [3.05, 3.63) is 47.7 Å². The zero-order chi connectivity index (χ0) is 13.4. The first kappa shape index (κ1) is 11.9. The van der Waals surface area contributed by atoms with Crippen LogP contribution in [0.1, 0.15) is 0 Å². The average molecular weight is 274 g/mol. The number of anilines is 1. The largest absolute Gasteiger partial charge is 0.495 e. The van der Waals surface area contributed by atoms with Gasteiger partial charge in [-0.2, -0.15) is 0 Å². The molecule has 0 unspecified atom stereocenters. The molecule has 3 aromatic rings. The summed E-state index contributed by atoms with van der Waals surface area (Å²) in [4.78, 5) is 4.34. The SMILES string of the molecule is COc1ccc(-n2cnc3cc(N)ccc32)cc1Cl. The minimum Gasteiger partial charge on any atom is -0.495 e. The highest BCUT2D eigenvalue weighted by Crippen LogP contribution is 2.28. The van der Waals surface area contributed by atoms with Gasteiger partial charge in [0.25, 0.3) is 0 Å². The normalized spacial score (nSPS) is 10.8. The van der Waals surface area contributed by atoms with E-state index in [9.17, 15) is 0 Å². The summed E-state index contributed by atoms with van der Waals surface area (Å²) in [5, 5.41) is 0.567. The maximum absolute atomic E-state index is 6.14. The summed E-state index contributed by atoms with van der Waals surface area (Å²) in [6, 6.07) is 11.2. The Hall–Kier alpha value is -2.20. The van der Waals surface area contributed by atoms with Gasteiger partial charge in [0.15, 0.2) is 0 Å². The minimum atomic E-state index is 0.567. The van der Waals surface area contributed by atoms with Gasteiger partial charge < -0.3 is 10.5 Å². The average Bonchev–Trinajstić information content (AvgIpc) is 2.81. The van der Waals surface area contributed by atoms with Crippen LogP contribution in [0.2, 0.25) is 5.02 Å². The van der Waals surface area contributed by atoms with Gasteiger partial charge in [-0.1, -0.05) is 11.6 Å². The molecule has 1 aromatic heterocycles. The van der Waals surface area contributed by atoms with Gasteiger partial charge in [0.1, 0.15) is 12.1 Å². The Morgan fingerprint density at radius 2 is 2.05 bits per heavy atom. The first-order valence-corrected chi connectivity index (χ1v) is 6.13. The number of methoxy groups -OCH3 is 1. The molecule has 2 aromatic carbocycles. The van der Waals surface area contributed by atoms with E-state index in [2.05, 4.69) is 4.98 Å². The number of halogens is 1. The summed E-state index contributed by atoms with van der Waals surface area (Å²) in [6.45, 7) is 0. The first-order valence-electron chi connectivity index (χ1n) is 5.75. The Balaban J connectivity index is 2.16. The number of aromatic nitrogens is 2. The van der Waals surface area contributed by atoms with Crippen molar-refractivity contribution in [1.29, 1.82) is 0 Å². The quantitative estimate of drug-likeness (QED) is 0.729. The maximum atomic E-state index is 6.14. The summed E-state index contributed by atoms with van der Waals surface area (Å²) in [5.74, 6) is 0.652. The lowest BCUT2D eigenvalue weighted by molar-refractivity contribution is 0.415. The fourth-order valence-corrected chi connectivity index (χ4v) is 2.29. The van der Waals surface area contributed by atoms with Crippen molar-refractivity contribution >= 4 is 28.3 Å². The fraction of sp³-hybridized carbons (Fsp3) is 0.0714. The Morgan fingerprint density at radius 1 is 1.21 bits per heavy atom. The van der Waals surface area contributed by atoms with Crippen LogP contribution in [-0.4, -0.2) is 16.7 Å². The second-order valence-electron chi connectivity index (χ2n) is 4.18. The van der Waals surface area contributed by atoms with Gasteiger partial charge in [0.2, 0.25) is 0 Å². The molecule has 0 amide bonds. The molecule has 0 atom stereocenters. The van der Waals surface area contributed by atoms with E-state index in [1.54, 1.807) is 13.4 Å². The van der Waals surface area contributed by atoms with Crippen LogP contribution in [0.5, 0.6) is 5.75 Å². The van der Waals surface area contributed by atoms with Gasteiger partial charge in [0.05, 0.1) is 23.2 Å². The fourth-order valence-electron chi connectivity index (χ4n) is 2.04. The smallest absolute Gasteiger partial charge is 0.137 e. The van der Waals surface area contributed by atoms with Crippen LogP contribution in [-0.2, 0) is 0 Å². The molecule has 0 aliphatic heterocycles. The molecule has 0 spiro atoms. The van der Waals surface area contributed by atoms with E-state index in [1.807, 2.05) is 41.0 Å². The van der Waals surface area contributed by atoms with Crippen molar-refractivity contribution in [2.24, 2.45) is 0 Å². The van der Waals surface area contributed by atoms with Gasteiger partial charge in [-0.15, -0.1) is 0 Å². The number of rotatable bonds is 2. The van der Waals surface area contributed by atoms with Crippen LogP contribution in [0.25, 0.3) is 16.7 Å². The van der Waals surface area contributed by atoms with Crippen LogP contribution >= 0.6 is 11.6 Å². The highest BCUT2D eigenvalue weighted by atomic mass is 35.5. The van der Waals surface area contributed by atoms with Crippen LogP contribution in [0.15, 0.2) is 42.7 Å². The second kappa shape index (κ2) is 4.48. The molecule has 4 nitrogen and oxygen atoms in total. The summed E-state index contributed by atoms with van der Waals surface area (Å²) in [5.41, 5.74) is 9.21. The Labute approximate surface area is 115 Å². The van der Waals surface area contributed by atoms with E-state index >= 15 is 0 Å². The highest BCUT2D eigenvalue weighted by Gasteiger charge is 2.07. The monoisotopic (exact) mass is 273 g/mol. The highest BCUT2D eigenvalue weighted by molar-refractivity contribution is 6.32. The Kier molecular flexibility index (Phi) is 2.80. The van der Waals surface area contributed by atoms with Gasteiger partial charge in [-0.25, -0.2) is 4.98 Å². The Morgan fingerprint density at radius 3 is 2.79 bits per heavy atom. The molecule has 2 N–H and O–H groups in total. The third-order valence-electron chi connectivity index (χ3n) is 2.98. The van der Waals surface area contributed by atoms with Crippen LogP contribution < -0.4 is 10.5 Å². The molecule has 0 saturated heterocycles. The molecule has 1 heterocycles. The minimum absolute atomic E-state index is 0.567. The van der Waals surface area contributed by atoms with E-state index in [0.29, 0.717) is 16.5 Å². The number of imidazole rings is 1. The van der Waals surface area contributed by atoms with Gasteiger partial charge in [-0.05, 0) is 36.4 Å². The molecule has 19 heavy (non-hydrogen) atoms. The lowest BCUT2D eigenvalue weighted by Crippen LogP contribution is -1.93. The molecule has 0 radical (unpaired) electrons. The Bertz CT molecular complexity index is 752. The standard InChI is InChI=1S/C14H12ClN3O/c1-19-14-5-3-10(7-11(14)15)18-8-17-12-6-9(16)2-4-13(12)18/h2-8H,16H2,1H3. The van der Waals surface area contributed by atoms with E-state index in [1.165, 1.54) is 0 Å². The predicted molar refractivity (Wildman–Crippen MR) is 77.0 cm³/mol. The van der Waals surface area contributed by atoms with Crippen molar-refractivity contribution in [2.75, 3.05) is 12.8 Å². The number of hydrogen-bond acceptors (Lipinski definition) is 3. The van der Waals surface area contributed by atoms with E-state index < -0.39 is 0 Å². The number of benzene rings is 2. The third-order valence-corrected chi connectivity index (χ3v) is 3.28. The van der Waals surface area contributed by atoms with Crippen LogP contribution in [0.3, 0.4) is 0 Å². The molecular weight excluding hydrogens is 262 g/mol. The molecule has 0 saturated carbocycles. The summed E-state index contributed by atoms with van der Waals surface area (Å²) in [6.07, 6.45) is 1.75. The van der Waals surface area contributed by atoms with Gasteiger partial charge in [0, 0.05) is 11.4 Å². The van der Waals surface area contributed by atoms with Crippen molar-refractivity contribution in [3.8, 4) is 11.4 Å². The van der Waals surface area contributed by atoms with Gasteiger partial charge >= 0.3 is 0 Å². The van der Waals surface area contributed by atoms with Crippen molar-refractivity contribution < 1.29 is 4.74 Å². The lowest BCUT2D eigenvalue weighted by Gasteiger charge is -2.08. The topological polar surface area (TPSA) is 53.1 Å². The number of nitrogens with two attached hydrogens (primary N) is 1. The van der Waals surface area contributed by atoms with E-state index in [0.717, 1.165) is 16.7 Å².